The number of aromatic amines is 1. The Morgan fingerprint density at radius 1 is 1.14 bits per heavy atom. The second kappa shape index (κ2) is 6.56. The van der Waals surface area contributed by atoms with Crippen molar-refractivity contribution in [2.45, 2.75) is 18.9 Å². The van der Waals surface area contributed by atoms with Crippen LogP contribution in [0, 0.1) is 0 Å². The largest absolute Gasteiger partial charge is 0.356 e. The van der Waals surface area contributed by atoms with Crippen LogP contribution in [0.1, 0.15) is 23.7 Å². The molecule has 0 spiro atoms. The fraction of sp³-hybridized carbons (Fsp3) is 0.227. The van der Waals surface area contributed by atoms with Gasteiger partial charge in [0.05, 0.1) is 11.9 Å². The van der Waals surface area contributed by atoms with Crippen LogP contribution in [0.25, 0.3) is 10.9 Å². The van der Waals surface area contributed by atoms with Gasteiger partial charge in [0.25, 0.3) is 5.91 Å². The standard InChI is InChI=1S/C22H19BrN4O2/c1-22-20-17(16-4-2-3-5-18(16)25-20)10-11-26(22)19(28)13-27(21(22)29)24-12-14-6-8-15(23)9-7-14/h2-9,12,25H,10-11,13H2,1H3. The molecule has 2 amide bonds. The molecule has 5 rings (SSSR count). The van der Waals surface area contributed by atoms with Crippen LogP contribution >= 0.6 is 15.9 Å². The van der Waals surface area contributed by atoms with Crippen molar-refractivity contribution < 1.29 is 9.59 Å². The van der Waals surface area contributed by atoms with Crippen LogP contribution < -0.4 is 0 Å². The summed E-state index contributed by atoms with van der Waals surface area (Å²) in [7, 11) is 0. The van der Waals surface area contributed by atoms with E-state index in [0.29, 0.717) is 6.54 Å². The zero-order valence-corrected chi connectivity index (χ0v) is 17.4. The molecule has 1 fully saturated rings. The Kier molecular flexibility index (Phi) is 4.10. The molecule has 2 aliphatic rings. The van der Waals surface area contributed by atoms with Crippen LogP contribution in [0.5, 0.6) is 0 Å². The number of carbonyl (C=O) groups excluding carboxylic acids is 2. The molecule has 6 nitrogen and oxygen atoms in total. The number of rotatable bonds is 2. The van der Waals surface area contributed by atoms with Gasteiger partial charge in [0.2, 0.25) is 5.91 Å². The third kappa shape index (κ3) is 2.72. The third-order valence-electron chi connectivity index (χ3n) is 5.88. The van der Waals surface area contributed by atoms with Crippen molar-refractivity contribution in [2.24, 2.45) is 5.10 Å². The number of fused-ring (bicyclic) bond motifs is 5. The Labute approximate surface area is 176 Å². The van der Waals surface area contributed by atoms with Gasteiger partial charge in [-0.1, -0.05) is 46.3 Å². The van der Waals surface area contributed by atoms with Gasteiger partial charge in [0.1, 0.15) is 6.54 Å². The number of aromatic nitrogens is 1. The summed E-state index contributed by atoms with van der Waals surface area (Å²) in [6, 6.07) is 15.6. The molecule has 0 radical (unpaired) electrons. The molecule has 3 aromatic rings. The molecule has 2 aliphatic heterocycles. The van der Waals surface area contributed by atoms with Gasteiger partial charge in [-0.25, -0.2) is 5.01 Å². The monoisotopic (exact) mass is 450 g/mol. The predicted molar refractivity (Wildman–Crippen MR) is 115 cm³/mol. The molecule has 0 aliphatic carbocycles. The normalized spacial score (nSPS) is 21.7. The number of halogens is 1. The van der Waals surface area contributed by atoms with Gasteiger partial charge >= 0.3 is 0 Å². The zero-order valence-electron chi connectivity index (χ0n) is 15.9. The minimum absolute atomic E-state index is 0.0446. The maximum Gasteiger partial charge on any atom is 0.275 e. The molecule has 1 atom stereocenters. The number of hydrazone groups is 1. The molecule has 1 unspecified atom stereocenters. The van der Waals surface area contributed by atoms with E-state index in [0.717, 1.165) is 38.6 Å². The molecular weight excluding hydrogens is 432 g/mol. The second-order valence-corrected chi connectivity index (χ2v) is 8.47. The third-order valence-corrected chi connectivity index (χ3v) is 6.41. The first-order chi connectivity index (χ1) is 14.0. The number of carbonyl (C=O) groups is 2. The van der Waals surface area contributed by atoms with E-state index >= 15 is 0 Å². The molecule has 0 saturated carbocycles. The van der Waals surface area contributed by atoms with Crippen LogP contribution in [-0.4, -0.2) is 46.0 Å². The van der Waals surface area contributed by atoms with Crippen molar-refractivity contribution in [1.82, 2.24) is 14.9 Å². The molecule has 0 bridgehead atoms. The van der Waals surface area contributed by atoms with Crippen molar-refractivity contribution in [3.05, 3.63) is 69.8 Å². The van der Waals surface area contributed by atoms with Gasteiger partial charge < -0.3 is 9.88 Å². The number of hydrogen-bond donors (Lipinski definition) is 1. The molecular formula is C22H19BrN4O2. The van der Waals surface area contributed by atoms with E-state index in [1.807, 2.05) is 49.4 Å². The smallest absolute Gasteiger partial charge is 0.275 e. The first-order valence-electron chi connectivity index (χ1n) is 9.50. The van der Waals surface area contributed by atoms with Crippen molar-refractivity contribution in [2.75, 3.05) is 13.1 Å². The van der Waals surface area contributed by atoms with Crippen LogP contribution in [0.3, 0.4) is 0 Å². The van der Waals surface area contributed by atoms with E-state index < -0.39 is 5.54 Å². The van der Waals surface area contributed by atoms with Gasteiger partial charge in [-0.2, -0.15) is 5.10 Å². The summed E-state index contributed by atoms with van der Waals surface area (Å²) < 4.78 is 0.968. The summed E-state index contributed by atoms with van der Waals surface area (Å²) >= 11 is 3.40. The Balaban J connectivity index is 1.56. The highest BCUT2D eigenvalue weighted by molar-refractivity contribution is 9.10. The Morgan fingerprint density at radius 3 is 2.69 bits per heavy atom. The molecule has 2 aromatic carbocycles. The highest BCUT2D eigenvalue weighted by Crippen LogP contribution is 2.41. The van der Waals surface area contributed by atoms with E-state index in [-0.39, 0.29) is 18.4 Å². The van der Waals surface area contributed by atoms with Crippen molar-refractivity contribution in [3.63, 3.8) is 0 Å². The minimum Gasteiger partial charge on any atom is -0.356 e. The molecule has 3 heterocycles. The maximum atomic E-state index is 13.5. The first-order valence-corrected chi connectivity index (χ1v) is 10.3. The number of hydrogen-bond acceptors (Lipinski definition) is 3. The number of piperazine rings is 1. The number of benzene rings is 2. The summed E-state index contributed by atoms with van der Waals surface area (Å²) in [5, 5.41) is 6.76. The molecule has 146 valence electrons. The summed E-state index contributed by atoms with van der Waals surface area (Å²) in [5.74, 6) is -0.290. The zero-order chi connectivity index (χ0) is 20.2. The lowest BCUT2D eigenvalue weighted by Crippen LogP contribution is -2.65. The highest BCUT2D eigenvalue weighted by atomic mass is 79.9. The molecule has 7 heteroatoms. The predicted octanol–water partition coefficient (Wildman–Crippen LogP) is 3.41. The van der Waals surface area contributed by atoms with Crippen LogP contribution in [0.2, 0.25) is 0 Å². The van der Waals surface area contributed by atoms with Crippen LogP contribution in [0.4, 0.5) is 0 Å². The number of amides is 2. The van der Waals surface area contributed by atoms with Crippen LogP contribution in [0.15, 0.2) is 58.1 Å². The fourth-order valence-corrected chi connectivity index (χ4v) is 4.63. The minimum atomic E-state index is -1.08. The average molecular weight is 451 g/mol. The Hall–Kier alpha value is -2.93. The lowest BCUT2D eigenvalue weighted by Gasteiger charge is -2.48. The number of para-hydroxylation sites is 1. The molecule has 29 heavy (non-hydrogen) atoms. The van der Waals surface area contributed by atoms with E-state index in [2.05, 4.69) is 32.1 Å². The SMILES string of the molecule is CC12C(=O)N(N=Cc3ccc(Br)cc3)CC(=O)N1CCc1c2[nH]c2ccccc12. The van der Waals surface area contributed by atoms with Gasteiger partial charge in [-0.15, -0.1) is 0 Å². The summed E-state index contributed by atoms with van der Waals surface area (Å²) in [6.07, 6.45) is 2.35. The fourth-order valence-electron chi connectivity index (χ4n) is 4.37. The Morgan fingerprint density at radius 2 is 1.90 bits per heavy atom. The first kappa shape index (κ1) is 18.1. The molecule has 1 N–H and O–H groups in total. The Bertz CT molecular complexity index is 1170. The number of H-pyrrole nitrogens is 1. The summed E-state index contributed by atoms with van der Waals surface area (Å²) in [5.41, 5.74) is 2.66. The average Bonchev–Trinajstić information content (AvgIpc) is 3.11. The van der Waals surface area contributed by atoms with E-state index in [4.69, 9.17) is 0 Å². The molecule has 1 aromatic heterocycles. The summed E-state index contributed by atoms with van der Waals surface area (Å²) in [6.45, 7) is 2.30. The van der Waals surface area contributed by atoms with Crippen molar-refractivity contribution >= 4 is 44.9 Å². The lowest BCUT2D eigenvalue weighted by molar-refractivity contribution is -0.165. The lowest BCUT2D eigenvalue weighted by atomic mass is 9.83. The quantitative estimate of drug-likeness (QED) is 0.607. The number of nitrogens with one attached hydrogen (secondary N) is 1. The van der Waals surface area contributed by atoms with E-state index in [1.54, 1.807) is 11.1 Å². The van der Waals surface area contributed by atoms with Gasteiger partial charge in [-0.05, 0) is 42.7 Å². The highest BCUT2D eigenvalue weighted by Gasteiger charge is 2.54. The van der Waals surface area contributed by atoms with Crippen molar-refractivity contribution in [3.8, 4) is 0 Å². The van der Waals surface area contributed by atoms with Gasteiger partial charge in [0.15, 0.2) is 5.54 Å². The van der Waals surface area contributed by atoms with Gasteiger partial charge in [-0.3, -0.25) is 9.59 Å². The van der Waals surface area contributed by atoms with E-state index in [9.17, 15) is 9.59 Å². The second-order valence-electron chi connectivity index (χ2n) is 7.55. The maximum absolute atomic E-state index is 13.5. The van der Waals surface area contributed by atoms with Gasteiger partial charge in [0, 0.05) is 21.9 Å². The molecule has 1 saturated heterocycles. The van der Waals surface area contributed by atoms with Crippen LogP contribution in [-0.2, 0) is 21.5 Å². The topological polar surface area (TPSA) is 68.8 Å². The van der Waals surface area contributed by atoms with E-state index in [1.165, 1.54) is 5.01 Å². The number of nitrogens with zero attached hydrogens (tertiary/aromatic N) is 3. The van der Waals surface area contributed by atoms with Crippen molar-refractivity contribution in [1.29, 1.82) is 0 Å². The summed E-state index contributed by atoms with van der Waals surface area (Å²) in [4.78, 5) is 31.5.